The Bertz CT molecular complexity index is 548. The highest BCUT2D eigenvalue weighted by molar-refractivity contribution is 6.84. The third-order valence-electron chi connectivity index (χ3n) is 2.03. The van der Waals surface area contributed by atoms with E-state index in [0.717, 1.165) is 5.69 Å². The zero-order valence-corrected chi connectivity index (χ0v) is 13.3. The number of rotatable bonds is 3. The van der Waals surface area contributed by atoms with Gasteiger partial charge in [0.15, 0.2) is 11.5 Å². The van der Waals surface area contributed by atoms with Gasteiger partial charge in [0.05, 0.1) is 5.69 Å². The fourth-order valence-electron chi connectivity index (χ4n) is 1.09. The van der Waals surface area contributed by atoms with Gasteiger partial charge in [-0.3, -0.25) is 10.2 Å². The highest BCUT2D eigenvalue weighted by Crippen LogP contribution is 2.13. The van der Waals surface area contributed by atoms with Gasteiger partial charge < -0.3 is 0 Å². The van der Waals surface area contributed by atoms with Crippen LogP contribution in [-0.2, 0) is 4.79 Å². The molecule has 100 valence electrons. The van der Waals surface area contributed by atoms with Gasteiger partial charge in [-0.2, -0.15) is 5.10 Å². The van der Waals surface area contributed by atoms with E-state index in [0.29, 0.717) is 5.02 Å². The van der Waals surface area contributed by atoms with E-state index in [1.165, 1.54) is 6.92 Å². The molecule has 0 aliphatic heterocycles. The van der Waals surface area contributed by atoms with Crippen molar-refractivity contribution in [3.8, 4) is 11.5 Å². The van der Waals surface area contributed by atoms with E-state index in [4.69, 9.17) is 11.6 Å². The van der Waals surface area contributed by atoms with Crippen LogP contribution >= 0.6 is 11.6 Å². The van der Waals surface area contributed by atoms with Gasteiger partial charge in [0, 0.05) is 11.9 Å². The van der Waals surface area contributed by atoms with E-state index in [1.54, 1.807) is 24.3 Å². The number of benzene rings is 1. The first-order valence-corrected chi connectivity index (χ1v) is 9.79. The van der Waals surface area contributed by atoms with E-state index in [9.17, 15) is 4.79 Å². The molecule has 0 amide bonds. The summed E-state index contributed by atoms with van der Waals surface area (Å²) < 4.78 is 0. The third-order valence-corrected chi connectivity index (χ3v) is 3.16. The Morgan fingerprint density at radius 2 is 1.84 bits per heavy atom. The lowest BCUT2D eigenvalue weighted by atomic mass is 10.3. The molecule has 5 heteroatoms. The molecule has 0 fully saturated rings. The molecule has 0 aliphatic rings. The molecule has 19 heavy (non-hydrogen) atoms. The molecular formula is C14H17ClN2OSi. The summed E-state index contributed by atoms with van der Waals surface area (Å²) in [5.41, 5.74) is 6.95. The molecule has 0 heterocycles. The van der Waals surface area contributed by atoms with Crippen molar-refractivity contribution in [2.24, 2.45) is 5.10 Å². The van der Waals surface area contributed by atoms with E-state index in [-0.39, 0.29) is 11.5 Å². The Kier molecular flexibility index (Phi) is 5.34. The molecule has 0 radical (unpaired) electrons. The minimum absolute atomic E-state index is 0.146. The van der Waals surface area contributed by atoms with Crippen LogP contribution in [-0.4, -0.2) is 19.6 Å². The summed E-state index contributed by atoms with van der Waals surface area (Å²) in [6.07, 6.45) is 0. The molecule has 1 aromatic rings. The van der Waals surface area contributed by atoms with Gasteiger partial charge in [-0.15, -0.1) is 5.54 Å². The van der Waals surface area contributed by atoms with Crippen LogP contribution in [0, 0.1) is 11.5 Å². The molecule has 0 spiro atoms. The smallest absolute Gasteiger partial charge is 0.188 e. The van der Waals surface area contributed by atoms with Crippen molar-refractivity contribution in [3.05, 3.63) is 29.3 Å². The van der Waals surface area contributed by atoms with Gasteiger partial charge in [0.2, 0.25) is 0 Å². The predicted molar refractivity (Wildman–Crippen MR) is 84.3 cm³/mol. The molecule has 0 saturated heterocycles. The zero-order valence-electron chi connectivity index (χ0n) is 11.5. The Morgan fingerprint density at radius 1 is 1.26 bits per heavy atom. The average Bonchev–Trinajstić information content (AvgIpc) is 2.29. The maximum Gasteiger partial charge on any atom is 0.188 e. The van der Waals surface area contributed by atoms with Crippen molar-refractivity contribution in [2.75, 3.05) is 5.43 Å². The number of hydrogen-bond donors (Lipinski definition) is 1. The number of anilines is 1. The summed E-state index contributed by atoms with van der Waals surface area (Å²) in [5, 5.41) is 4.70. The topological polar surface area (TPSA) is 41.5 Å². The Hall–Kier alpha value is -1.57. The Labute approximate surface area is 120 Å². The van der Waals surface area contributed by atoms with Crippen molar-refractivity contribution < 1.29 is 4.79 Å². The number of hydrazone groups is 1. The Morgan fingerprint density at radius 3 is 2.32 bits per heavy atom. The van der Waals surface area contributed by atoms with Crippen LogP contribution in [0.25, 0.3) is 0 Å². The summed E-state index contributed by atoms with van der Waals surface area (Å²) in [7, 11) is -1.52. The molecule has 1 N–H and O–H groups in total. The van der Waals surface area contributed by atoms with Crippen molar-refractivity contribution in [3.63, 3.8) is 0 Å². The van der Waals surface area contributed by atoms with E-state index < -0.39 is 8.07 Å². The first-order chi connectivity index (χ1) is 8.78. The van der Waals surface area contributed by atoms with Crippen LogP contribution in [0.3, 0.4) is 0 Å². The number of halogens is 1. The minimum atomic E-state index is -1.52. The lowest BCUT2D eigenvalue weighted by Crippen LogP contribution is -2.18. The molecular weight excluding hydrogens is 276 g/mol. The molecule has 0 aliphatic carbocycles. The van der Waals surface area contributed by atoms with Crippen LogP contribution in [0.15, 0.2) is 29.4 Å². The maximum absolute atomic E-state index is 11.5. The van der Waals surface area contributed by atoms with Crippen LogP contribution in [0.5, 0.6) is 0 Å². The molecule has 0 atom stereocenters. The van der Waals surface area contributed by atoms with Crippen LogP contribution in [0.1, 0.15) is 6.92 Å². The van der Waals surface area contributed by atoms with Gasteiger partial charge in [-0.1, -0.05) is 31.2 Å². The summed E-state index contributed by atoms with van der Waals surface area (Å²) in [5.74, 6) is 2.72. The summed E-state index contributed by atoms with van der Waals surface area (Å²) in [4.78, 5) is 11.5. The van der Waals surface area contributed by atoms with Crippen molar-refractivity contribution in [1.82, 2.24) is 0 Å². The third kappa shape index (κ3) is 6.23. The second kappa shape index (κ2) is 6.55. The fourth-order valence-corrected chi connectivity index (χ4v) is 1.71. The highest BCUT2D eigenvalue weighted by atomic mass is 35.5. The summed E-state index contributed by atoms with van der Waals surface area (Å²) in [6.45, 7) is 7.81. The Balaban J connectivity index is 2.87. The normalized spacial score (nSPS) is 11.5. The fraction of sp³-hybridized carbons (Fsp3) is 0.286. The highest BCUT2D eigenvalue weighted by Gasteiger charge is 2.09. The molecule has 0 saturated carbocycles. The maximum atomic E-state index is 11.5. The second-order valence-electron chi connectivity index (χ2n) is 5.14. The lowest BCUT2D eigenvalue weighted by molar-refractivity contribution is -0.110. The molecule has 0 aromatic heterocycles. The predicted octanol–water partition coefficient (Wildman–Crippen LogP) is 3.58. The van der Waals surface area contributed by atoms with E-state index in [2.05, 4.69) is 41.6 Å². The number of Topliss-reactive ketones (excluding diaryl/α,β-unsaturated/α-hetero) is 1. The molecule has 0 unspecified atom stereocenters. The van der Waals surface area contributed by atoms with Gasteiger partial charge in [0.1, 0.15) is 8.07 Å². The van der Waals surface area contributed by atoms with Gasteiger partial charge in [-0.05, 0) is 30.2 Å². The van der Waals surface area contributed by atoms with Crippen molar-refractivity contribution in [1.29, 1.82) is 0 Å². The number of nitrogens with zero attached hydrogens (tertiary/aromatic N) is 1. The number of nitrogens with one attached hydrogen (secondary N) is 1. The van der Waals surface area contributed by atoms with Crippen LogP contribution in [0.2, 0.25) is 24.7 Å². The first-order valence-electron chi connectivity index (χ1n) is 5.91. The summed E-state index contributed by atoms with van der Waals surface area (Å²) in [6, 6.07) is 7.08. The monoisotopic (exact) mass is 292 g/mol. The summed E-state index contributed by atoms with van der Waals surface area (Å²) >= 11 is 5.79. The quantitative estimate of drug-likeness (QED) is 0.400. The van der Waals surface area contributed by atoms with Crippen LogP contribution < -0.4 is 5.43 Å². The number of ketones is 1. The molecule has 3 nitrogen and oxygen atoms in total. The number of carbonyl (C=O) groups is 1. The number of carbonyl (C=O) groups excluding carboxylic acids is 1. The van der Waals surface area contributed by atoms with E-state index >= 15 is 0 Å². The second-order valence-corrected chi connectivity index (χ2v) is 10.3. The largest absolute Gasteiger partial charge is 0.292 e. The lowest BCUT2D eigenvalue weighted by Gasteiger charge is -2.04. The first kappa shape index (κ1) is 15.5. The van der Waals surface area contributed by atoms with Gasteiger partial charge >= 0.3 is 0 Å². The zero-order chi connectivity index (χ0) is 14.5. The number of hydrogen-bond acceptors (Lipinski definition) is 3. The van der Waals surface area contributed by atoms with Crippen molar-refractivity contribution in [2.45, 2.75) is 26.6 Å². The standard InChI is InChI=1S/C14H17ClN2OSi/c1-11(18)14(9-10-19(2,3)4)17-16-13-7-5-12(15)6-8-13/h5-8,16H,1-4H3/b17-14+. The van der Waals surface area contributed by atoms with Gasteiger partial charge in [0.25, 0.3) is 0 Å². The molecule has 0 bridgehead atoms. The van der Waals surface area contributed by atoms with E-state index in [1.807, 2.05) is 0 Å². The average molecular weight is 293 g/mol. The van der Waals surface area contributed by atoms with Crippen LogP contribution in [0.4, 0.5) is 5.69 Å². The van der Waals surface area contributed by atoms with Crippen molar-refractivity contribution >= 4 is 36.9 Å². The van der Waals surface area contributed by atoms with Gasteiger partial charge in [-0.25, -0.2) is 0 Å². The molecule has 1 rings (SSSR count). The molecule has 1 aromatic carbocycles. The SMILES string of the molecule is CC(=O)/C(C#C[Si](C)(C)C)=N/Nc1ccc(Cl)cc1. The minimum Gasteiger partial charge on any atom is -0.292 e.